The van der Waals surface area contributed by atoms with Gasteiger partial charge in [-0.15, -0.1) is 0 Å². The van der Waals surface area contributed by atoms with Gasteiger partial charge >= 0.3 is 0 Å². The van der Waals surface area contributed by atoms with Crippen LogP contribution in [0.4, 0.5) is 0 Å². The molecule has 1 rings (SSSR count). The first-order valence-corrected chi connectivity index (χ1v) is 6.16. The number of amides is 1. The molecule has 82 valence electrons. The Balaban J connectivity index is -0.000000216. The highest BCUT2D eigenvalue weighted by atomic mass is 32.2. The minimum absolute atomic E-state index is 0. The molecule has 0 aromatic heterocycles. The van der Waals surface area contributed by atoms with Gasteiger partial charge in [-0.1, -0.05) is 27.7 Å². The molecule has 0 bridgehead atoms. The fourth-order valence-electron chi connectivity index (χ4n) is 0.542. The average Bonchev–Trinajstić information content (AvgIpc) is 2.94. The van der Waals surface area contributed by atoms with E-state index >= 15 is 0 Å². The zero-order valence-electron chi connectivity index (χ0n) is 8.70. The molecule has 0 unspecified atom stereocenters. The second kappa shape index (κ2) is 8.04. The molecule has 5 heteroatoms. The normalized spacial score (nSPS) is 14.2. The van der Waals surface area contributed by atoms with Gasteiger partial charge in [0.25, 0.3) is 0 Å². The lowest BCUT2D eigenvalue weighted by molar-refractivity contribution is -0.108. The van der Waals surface area contributed by atoms with E-state index in [9.17, 15) is 13.2 Å². The summed E-state index contributed by atoms with van der Waals surface area (Å²) in [6, 6.07) is 0. The van der Waals surface area contributed by atoms with E-state index in [1.54, 1.807) is 4.72 Å². The maximum absolute atomic E-state index is 10.7. The molecule has 1 N–H and O–H groups in total. The topological polar surface area (TPSA) is 63.2 Å². The van der Waals surface area contributed by atoms with Crippen molar-refractivity contribution in [2.24, 2.45) is 0 Å². The fraction of sp³-hybridized carbons (Fsp3) is 0.875. The van der Waals surface area contributed by atoms with E-state index in [1.165, 1.54) is 0 Å². The van der Waals surface area contributed by atoms with E-state index in [0.717, 1.165) is 0 Å². The molecule has 0 spiro atoms. The molecule has 13 heavy (non-hydrogen) atoms. The van der Waals surface area contributed by atoms with Crippen molar-refractivity contribution in [3.8, 4) is 0 Å². The minimum atomic E-state index is -3.26. The summed E-state index contributed by atoms with van der Waals surface area (Å²) in [5.74, 6) is 0. The SMILES string of the molecule is CC.CC.O=CNS(=O)(=O)C1CC1.[HH]. The van der Waals surface area contributed by atoms with Crippen LogP contribution in [0.25, 0.3) is 0 Å². The summed E-state index contributed by atoms with van der Waals surface area (Å²) in [6.07, 6.45) is 1.57. The van der Waals surface area contributed by atoms with Crippen LogP contribution in [0.1, 0.15) is 42.0 Å². The fourth-order valence-corrected chi connectivity index (χ4v) is 1.62. The van der Waals surface area contributed by atoms with Crippen molar-refractivity contribution in [3.05, 3.63) is 0 Å². The third-order valence-corrected chi connectivity index (χ3v) is 2.95. The summed E-state index contributed by atoms with van der Waals surface area (Å²) in [6.45, 7) is 8.00. The molecule has 1 amide bonds. The van der Waals surface area contributed by atoms with Gasteiger partial charge in [0.2, 0.25) is 16.4 Å². The lowest BCUT2D eigenvalue weighted by Crippen LogP contribution is -2.25. The molecule has 1 saturated carbocycles. The quantitative estimate of drug-likeness (QED) is 0.720. The highest BCUT2D eigenvalue weighted by Gasteiger charge is 2.35. The Labute approximate surface area is 82.3 Å². The summed E-state index contributed by atoms with van der Waals surface area (Å²) in [7, 11) is -3.26. The Kier molecular flexibility index (Phi) is 9.22. The van der Waals surface area contributed by atoms with E-state index in [4.69, 9.17) is 0 Å². The molecule has 1 aliphatic rings. The van der Waals surface area contributed by atoms with E-state index in [0.29, 0.717) is 12.8 Å². The Bertz CT molecular complexity index is 213. The van der Waals surface area contributed by atoms with Crippen LogP contribution in [0.15, 0.2) is 0 Å². The highest BCUT2D eigenvalue weighted by molar-refractivity contribution is 7.90. The van der Waals surface area contributed by atoms with Crippen LogP contribution < -0.4 is 4.72 Å². The standard InChI is InChI=1S/C4H7NO3S.2C2H6.H2/c6-3-5-9(7,8)4-1-2-4;2*1-2;/h3-4H,1-2H2,(H,5,6);2*1-2H3;1H. The van der Waals surface area contributed by atoms with E-state index in [1.807, 2.05) is 27.7 Å². The van der Waals surface area contributed by atoms with Crippen LogP contribution in [0, 0.1) is 0 Å². The first-order chi connectivity index (χ1) is 6.17. The van der Waals surface area contributed by atoms with Gasteiger partial charge in [-0.2, -0.15) is 0 Å². The molecule has 0 atom stereocenters. The van der Waals surface area contributed by atoms with Gasteiger partial charge in [-0.25, -0.2) is 8.42 Å². The number of rotatable bonds is 3. The Morgan fingerprint density at radius 3 is 1.85 bits per heavy atom. The van der Waals surface area contributed by atoms with Crippen LogP contribution in [0.5, 0.6) is 0 Å². The van der Waals surface area contributed by atoms with Crippen molar-refractivity contribution in [3.63, 3.8) is 0 Å². The predicted octanol–water partition coefficient (Wildman–Crippen LogP) is 1.52. The van der Waals surface area contributed by atoms with Gasteiger partial charge in [0.15, 0.2) is 0 Å². The van der Waals surface area contributed by atoms with Crippen molar-refractivity contribution in [2.75, 3.05) is 0 Å². The number of nitrogens with one attached hydrogen (secondary N) is 1. The van der Waals surface area contributed by atoms with Crippen LogP contribution in [-0.2, 0) is 14.8 Å². The summed E-state index contributed by atoms with van der Waals surface area (Å²) < 4.78 is 23.1. The largest absolute Gasteiger partial charge is 0.278 e. The number of hydrogen-bond acceptors (Lipinski definition) is 3. The number of sulfonamides is 1. The number of carbonyl (C=O) groups is 1. The third-order valence-electron chi connectivity index (χ3n) is 1.18. The molecular formula is C8H21NO3S. The zero-order chi connectivity index (χ0) is 10.9. The molecule has 0 radical (unpaired) electrons. The van der Waals surface area contributed by atoms with Crippen LogP contribution in [-0.4, -0.2) is 20.1 Å². The van der Waals surface area contributed by atoms with E-state index in [2.05, 4.69) is 0 Å². The lowest BCUT2D eigenvalue weighted by Gasteiger charge is -1.95. The Morgan fingerprint density at radius 1 is 1.23 bits per heavy atom. The summed E-state index contributed by atoms with van der Waals surface area (Å²) in [5, 5.41) is -0.303. The van der Waals surface area contributed by atoms with Gasteiger partial charge in [-0.05, 0) is 12.8 Å². The predicted molar refractivity (Wildman–Crippen MR) is 56.0 cm³/mol. The maximum atomic E-state index is 10.7. The smallest absolute Gasteiger partial charge is 0.237 e. The average molecular weight is 211 g/mol. The summed E-state index contributed by atoms with van der Waals surface area (Å²) in [4.78, 5) is 9.66. The van der Waals surface area contributed by atoms with Crippen LogP contribution in [0.2, 0.25) is 0 Å². The third kappa shape index (κ3) is 6.57. The van der Waals surface area contributed by atoms with E-state index in [-0.39, 0.29) is 13.1 Å². The zero-order valence-corrected chi connectivity index (χ0v) is 9.52. The molecule has 0 saturated heterocycles. The Morgan fingerprint density at radius 2 is 1.62 bits per heavy atom. The summed E-state index contributed by atoms with van der Waals surface area (Å²) >= 11 is 0. The van der Waals surface area contributed by atoms with Gasteiger partial charge in [0.1, 0.15) is 0 Å². The second-order valence-corrected chi connectivity index (χ2v) is 3.97. The highest BCUT2D eigenvalue weighted by Crippen LogP contribution is 2.26. The van der Waals surface area contributed by atoms with Crippen molar-refractivity contribution in [2.45, 2.75) is 45.8 Å². The molecule has 1 aliphatic carbocycles. The van der Waals surface area contributed by atoms with Crippen molar-refractivity contribution in [1.82, 2.24) is 4.72 Å². The van der Waals surface area contributed by atoms with Crippen molar-refractivity contribution >= 4 is 16.4 Å². The first-order valence-electron chi connectivity index (χ1n) is 4.61. The van der Waals surface area contributed by atoms with Crippen LogP contribution >= 0.6 is 0 Å². The lowest BCUT2D eigenvalue weighted by atomic mass is 11.0. The van der Waals surface area contributed by atoms with Crippen molar-refractivity contribution < 1.29 is 14.6 Å². The van der Waals surface area contributed by atoms with Gasteiger partial charge in [-0.3, -0.25) is 9.52 Å². The molecule has 0 aromatic rings. The van der Waals surface area contributed by atoms with Crippen LogP contribution in [0.3, 0.4) is 0 Å². The molecular weight excluding hydrogens is 190 g/mol. The van der Waals surface area contributed by atoms with Gasteiger partial charge in [0, 0.05) is 1.43 Å². The van der Waals surface area contributed by atoms with Gasteiger partial charge < -0.3 is 0 Å². The molecule has 0 aromatic carbocycles. The monoisotopic (exact) mass is 211 g/mol. The minimum Gasteiger partial charge on any atom is -0.278 e. The second-order valence-electron chi connectivity index (χ2n) is 1.98. The van der Waals surface area contributed by atoms with Crippen molar-refractivity contribution in [1.29, 1.82) is 0 Å². The molecule has 0 aliphatic heterocycles. The molecule has 0 heterocycles. The number of carbonyl (C=O) groups excluding carboxylic acids is 1. The molecule has 4 nitrogen and oxygen atoms in total. The summed E-state index contributed by atoms with van der Waals surface area (Å²) in [5.41, 5.74) is 0. The van der Waals surface area contributed by atoms with E-state index < -0.39 is 10.0 Å². The first kappa shape index (κ1) is 14.9. The molecule has 1 fully saturated rings. The Hall–Kier alpha value is -0.580. The van der Waals surface area contributed by atoms with Gasteiger partial charge in [0.05, 0.1) is 5.25 Å². The maximum Gasteiger partial charge on any atom is 0.237 e. The number of hydrogen-bond donors (Lipinski definition) is 1.